The molecule has 1 saturated heterocycles. The molecule has 1 unspecified atom stereocenters. The van der Waals surface area contributed by atoms with Crippen molar-refractivity contribution in [1.82, 2.24) is 15.5 Å². The summed E-state index contributed by atoms with van der Waals surface area (Å²) < 4.78 is 0. The van der Waals surface area contributed by atoms with E-state index in [4.69, 9.17) is 5.73 Å². The number of likely N-dealkylation sites (tertiary alicyclic amines) is 1. The minimum Gasteiger partial charge on any atom is -0.355 e. The number of nitrogens with one attached hydrogen (secondary N) is 2. The van der Waals surface area contributed by atoms with Gasteiger partial charge in [0.05, 0.1) is 5.92 Å². The highest BCUT2D eigenvalue weighted by molar-refractivity contribution is 5.83. The first kappa shape index (κ1) is 19.4. The summed E-state index contributed by atoms with van der Waals surface area (Å²) in [6, 6.07) is 0. The number of piperidine rings is 1. The van der Waals surface area contributed by atoms with E-state index >= 15 is 0 Å². The van der Waals surface area contributed by atoms with Crippen LogP contribution in [0.15, 0.2) is 0 Å². The van der Waals surface area contributed by atoms with Crippen molar-refractivity contribution in [2.24, 2.45) is 17.1 Å². The molecule has 0 radical (unpaired) electrons. The van der Waals surface area contributed by atoms with Crippen LogP contribution in [-0.4, -0.2) is 55.3 Å². The van der Waals surface area contributed by atoms with Crippen LogP contribution in [0.25, 0.3) is 0 Å². The topological polar surface area (TPSA) is 105 Å². The number of amides is 3. The van der Waals surface area contributed by atoms with Crippen LogP contribution in [0.5, 0.6) is 0 Å². The molecule has 4 N–H and O–H groups in total. The van der Waals surface area contributed by atoms with Crippen LogP contribution in [0, 0.1) is 11.3 Å². The molecule has 0 aromatic carbocycles. The lowest BCUT2D eigenvalue weighted by Gasteiger charge is -2.32. The van der Waals surface area contributed by atoms with Crippen molar-refractivity contribution in [1.29, 1.82) is 0 Å². The molecule has 1 fully saturated rings. The summed E-state index contributed by atoms with van der Waals surface area (Å²) in [4.78, 5) is 37.7. The maximum absolute atomic E-state index is 12.2. The van der Waals surface area contributed by atoms with Crippen molar-refractivity contribution < 1.29 is 14.4 Å². The van der Waals surface area contributed by atoms with Gasteiger partial charge in [0.1, 0.15) is 0 Å². The van der Waals surface area contributed by atoms with Crippen molar-refractivity contribution >= 4 is 17.7 Å². The van der Waals surface area contributed by atoms with E-state index in [2.05, 4.69) is 10.6 Å². The van der Waals surface area contributed by atoms with Crippen LogP contribution in [0.4, 0.5) is 0 Å². The van der Waals surface area contributed by atoms with E-state index in [1.165, 1.54) is 0 Å². The van der Waals surface area contributed by atoms with E-state index in [9.17, 15) is 14.4 Å². The Labute approximate surface area is 138 Å². The minimum absolute atomic E-state index is 0.0180. The normalized spacial score (nSPS) is 18.4. The molecule has 23 heavy (non-hydrogen) atoms. The Balaban J connectivity index is 2.38. The van der Waals surface area contributed by atoms with E-state index < -0.39 is 5.41 Å². The Hall–Kier alpha value is -1.63. The van der Waals surface area contributed by atoms with Gasteiger partial charge >= 0.3 is 0 Å². The SMILES string of the molecule is CC(C)(C)C(=O)NCCC(=O)N1CCCC(C(=O)NCCN)C1. The molecule has 7 heteroatoms. The molecule has 0 bridgehead atoms. The quantitative estimate of drug-likeness (QED) is 0.631. The van der Waals surface area contributed by atoms with Crippen molar-refractivity contribution in [3.05, 3.63) is 0 Å². The zero-order chi connectivity index (χ0) is 17.5. The summed E-state index contributed by atoms with van der Waals surface area (Å²) in [5, 5.41) is 5.55. The highest BCUT2D eigenvalue weighted by Gasteiger charge is 2.28. The Bertz CT molecular complexity index is 432. The van der Waals surface area contributed by atoms with Crippen molar-refractivity contribution in [3.8, 4) is 0 Å². The molecule has 1 atom stereocenters. The predicted octanol–water partition coefficient (Wildman–Crippen LogP) is -0.148. The lowest BCUT2D eigenvalue weighted by molar-refractivity contribution is -0.135. The van der Waals surface area contributed by atoms with Crippen LogP contribution in [0.1, 0.15) is 40.0 Å². The van der Waals surface area contributed by atoms with E-state index in [-0.39, 0.29) is 30.1 Å². The van der Waals surface area contributed by atoms with Gasteiger partial charge in [-0.1, -0.05) is 20.8 Å². The molecule has 0 aliphatic carbocycles. The van der Waals surface area contributed by atoms with Gasteiger partial charge in [-0.15, -0.1) is 0 Å². The fourth-order valence-corrected chi connectivity index (χ4v) is 2.46. The van der Waals surface area contributed by atoms with Gasteiger partial charge in [-0.25, -0.2) is 0 Å². The summed E-state index contributed by atoms with van der Waals surface area (Å²) in [5.74, 6) is -0.282. The van der Waals surface area contributed by atoms with Gasteiger partial charge in [0.2, 0.25) is 17.7 Å². The summed E-state index contributed by atoms with van der Waals surface area (Å²) in [6.07, 6.45) is 1.88. The maximum Gasteiger partial charge on any atom is 0.225 e. The van der Waals surface area contributed by atoms with Gasteiger partial charge in [0.15, 0.2) is 0 Å². The molecule has 1 heterocycles. The number of carbonyl (C=O) groups excluding carboxylic acids is 3. The third kappa shape index (κ3) is 6.56. The molecule has 0 aromatic rings. The standard InChI is InChI=1S/C16H30N4O3/c1-16(2,3)15(23)19-8-6-13(21)20-10-4-5-12(11-20)14(22)18-9-7-17/h12H,4-11,17H2,1-3H3,(H,18,22)(H,19,23). The third-order valence-corrected chi connectivity index (χ3v) is 3.89. The molecule has 0 spiro atoms. The number of rotatable bonds is 6. The monoisotopic (exact) mass is 326 g/mol. The number of nitrogens with two attached hydrogens (primary N) is 1. The first-order chi connectivity index (χ1) is 10.8. The number of hydrogen-bond donors (Lipinski definition) is 3. The van der Waals surface area contributed by atoms with Gasteiger partial charge in [0, 0.05) is 44.6 Å². The smallest absolute Gasteiger partial charge is 0.225 e. The van der Waals surface area contributed by atoms with Crippen molar-refractivity contribution in [2.45, 2.75) is 40.0 Å². The summed E-state index contributed by atoms with van der Waals surface area (Å²) in [7, 11) is 0. The van der Waals surface area contributed by atoms with E-state index in [1.54, 1.807) is 4.90 Å². The summed E-state index contributed by atoms with van der Waals surface area (Å²) in [5.41, 5.74) is 4.92. The molecule has 132 valence electrons. The fourth-order valence-electron chi connectivity index (χ4n) is 2.46. The zero-order valence-electron chi connectivity index (χ0n) is 14.5. The highest BCUT2D eigenvalue weighted by Crippen LogP contribution is 2.17. The number of hydrogen-bond acceptors (Lipinski definition) is 4. The summed E-state index contributed by atoms with van der Waals surface area (Å²) in [6.45, 7) is 7.82. The minimum atomic E-state index is -0.458. The number of nitrogens with zero attached hydrogens (tertiary/aromatic N) is 1. The second-order valence-corrected chi connectivity index (χ2v) is 7.01. The van der Waals surface area contributed by atoms with E-state index in [0.717, 1.165) is 12.8 Å². The molecule has 0 aromatic heterocycles. The highest BCUT2D eigenvalue weighted by atomic mass is 16.2. The Morgan fingerprint density at radius 3 is 2.48 bits per heavy atom. The average Bonchev–Trinajstić information content (AvgIpc) is 2.51. The third-order valence-electron chi connectivity index (χ3n) is 3.89. The molecule has 0 saturated carbocycles. The predicted molar refractivity (Wildman–Crippen MR) is 88.4 cm³/mol. The van der Waals surface area contributed by atoms with Crippen LogP contribution in [0.3, 0.4) is 0 Å². The zero-order valence-corrected chi connectivity index (χ0v) is 14.5. The van der Waals surface area contributed by atoms with Crippen LogP contribution >= 0.6 is 0 Å². The molecule has 1 aliphatic rings. The van der Waals surface area contributed by atoms with Crippen molar-refractivity contribution in [2.75, 3.05) is 32.7 Å². The van der Waals surface area contributed by atoms with Crippen LogP contribution in [0.2, 0.25) is 0 Å². The van der Waals surface area contributed by atoms with Gasteiger partial charge in [-0.3, -0.25) is 14.4 Å². The Morgan fingerprint density at radius 2 is 1.87 bits per heavy atom. The van der Waals surface area contributed by atoms with Crippen LogP contribution < -0.4 is 16.4 Å². The second kappa shape index (κ2) is 8.86. The van der Waals surface area contributed by atoms with E-state index in [1.807, 2.05) is 20.8 Å². The van der Waals surface area contributed by atoms with Gasteiger partial charge in [0.25, 0.3) is 0 Å². The lowest BCUT2D eigenvalue weighted by atomic mass is 9.95. The van der Waals surface area contributed by atoms with Crippen molar-refractivity contribution in [3.63, 3.8) is 0 Å². The molecular weight excluding hydrogens is 296 g/mol. The average molecular weight is 326 g/mol. The second-order valence-electron chi connectivity index (χ2n) is 7.01. The molecular formula is C16H30N4O3. The first-order valence-electron chi connectivity index (χ1n) is 8.29. The molecule has 7 nitrogen and oxygen atoms in total. The Kier molecular flexibility index (Phi) is 7.48. The molecule has 1 aliphatic heterocycles. The first-order valence-corrected chi connectivity index (χ1v) is 8.29. The van der Waals surface area contributed by atoms with Crippen LogP contribution in [-0.2, 0) is 14.4 Å². The maximum atomic E-state index is 12.2. The largest absolute Gasteiger partial charge is 0.355 e. The molecule has 3 amide bonds. The lowest BCUT2D eigenvalue weighted by Crippen LogP contribution is -2.47. The Morgan fingerprint density at radius 1 is 1.17 bits per heavy atom. The fraction of sp³-hybridized carbons (Fsp3) is 0.812. The van der Waals surface area contributed by atoms with Gasteiger partial charge in [-0.2, -0.15) is 0 Å². The molecule has 1 rings (SSSR count). The van der Waals surface area contributed by atoms with E-state index in [0.29, 0.717) is 32.7 Å². The van der Waals surface area contributed by atoms with Gasteiger partial charge < -0.3 is 21.3 Å². The van der Waals surface area contributed by atoms with Gasteiger partial charge in [-0.05, 0) is 12.8 Å². The number of carbonyl (C=O) groups is 3. The summed E-state index contributed by atoms with van der Waals surface area (Å²) >= 11 is 0.